The Kier molecular flexibility index (Phi) is 6.27. The molecule has 0 amide bonds. The fraction of sp³-hybridized carbons (Fsp3) is 0.240. The Morgan fingerprint density at radius 2 is 1.14 bits per heavy atom. The first kappa shape index (κ1) is 19.8. The molecule has 0 saturated heterocycles. The van der Waals surface area contributed by atoms with Gasteiger partial charge in [-0.25, -0.2) is 0 Å². The highest BCUT2D eigenvalue weighted by molar-refractivity contribution is 5.77. The molecule has 3 aromatic rings. The third-order valence-electron chi connectivity index (χ3n) is 5.17. The van der Waals surface area contributed by atoms with E-state index in [1.165, 1.54) is 7.11 Å². The van der Waals surface area contributed by atoms with Crippen LogP contribution in [0.1, 0.15) is 42.6 Å². The van der Waals surface area contributed by atoms with Crippen molar-refractivity contribution in [1.29, 1.82) is 0 Å². The number of methoxy groups -OCH3 is 1. The Labute approximate surface area is 167 Å². The molecule has 0 heterocycles. The zero-order valence-corrected chi connectivity index (χ0v) is 16.6. The first-order chi connectivity index (χ1) is 13.5. The van der Waals surface area contributed by atoms with Crippen LogP contribution in [0.15, 0.2) is 91.0 Å². The molecule has 0 aromatic heterocycles. The van der Waals surface area contributed by atoms with E-state index < -0.39 is 5.41 Å². The maximum absolute atomic E-state index is 12.6. The summed E-state index contributed by atoms with van der Waals surface area (Å²) in [5.74, 6) is -0.242. The monoisotopic (exact) mass is 373 g/mol. The van der Waals surface area contributed by atoms with Gasteiger partial charge in [-0.15, -0.1) is 0 Å². The Hall–Kier alpha value is -2.91. The third-order valence-corrected chi connectivity index (χ3v) is 5.17. The number of carbonyl (C=O) groups excluding carboxylic acids is 1. The minimum Gasteiger partial charge on any atom is -0.469 e. The molecule has 0 aliphatic rings. The van der Waals surface area contributed by atoms with Gasteiger partial charge < -0.3 is 4.74 Å². The van der Waals surface area contributed by atoms with Crippen molar-refractivity contribution >= 4 is 5.97 Å². The van der Waals surface area contributed by atoms with Crippen LogP contribution in [0.5, 0.6) is 0 Å². The van der Waals surface area contributed by atoms with Crippen LogP contribution in [0.25, 0.3) is 0 Å². The fourth-order valence-electron chi connectivity index (χ4n) is 3.59. The molecule has 0 saturated carbocycles. The Balaban J connectivity index is 2.07. The maximum atomic E-state index is 12.6. The largest absolute Gasteiger partial charge is 0.469 e. The summed E-state index contributed by atoms with van der Waals surface area (Å²) in [5.41, 5.74) is 2.60. The van der Waals surface area contributed by atoms with Crippen molar-refractivity contribution in [3.8, 4) is 0 Å². The fourth-order valence-corrected chi connectivity index (χ4v) is 3.59. The van der Waals surface area contributed by atoms with Gasteiger partial charge in [-0.2, -0.15) is 0 Å². The van der Waals surface area contributed by atoms with E-state index in [0.29, 0.717) is 0 Å². The van der Waals surface area contributed by atoms with Crippen LogP contribution in [0.3, 0.4) is 0 Å². The molecule has 0 radical (unpaired) electrons. The van der Waals surface area contributed by atoms with Gasteiger partial charge in [0.15, 0.2) is 0 Å². The lowest BCUT2D eigenvalue weighted by Crippen LogP contribution is -2.42. The summed E-state index contributed by atoms with van der Waals surface area (Å²) in [7, 11) is 1.44. The Bertz CT molecular complexity index is 837. The van der Waals surface area contributed by atoms with E-state index in [-0.39, 0.29) is 18.1 Å². The predicted octanol–water partition coefficient (Wildman–Crippen LogP) is 5.31. The van der Waals surface area contributed by atoms with E-state index in [0.717, 1.165) is 16.7 Å². The van der Waals surface area contributed by atoms with E-state index in [4.69, 9.17) is 4.74 Å². The van der Waals surface area contributed by atoms with E-state index in [2.05, 4.69) is 41.7 Å². The zero-order valence-electron chi connectivity index (χ0n) is 16.6. The van der Waals surface area contributed by atoms with Crippen molar-refractivity contribution in [2.24, 2.45) is 5.41 Å². The van der Waals surface area contributed by atoms with Gasteiger partial charge in [0.1, 0.15) is 0 Å². The second-order valence-electron chi connectivity index (χ2n) is 7.48. The van der Waals surface area contributed by atoms with Crippen molar-refractivity contribution < 1.29 is 9.53 Å². The second-order valence-corrected chi connectivity index (χ2v) is 7.48. The molecule has 3 heteroatoms. The van der Waals surface area contributed by atoms with Gasteiger partial charge >= 0.3 is 5.97 Å². The molecule has 0 fully saturated rings. The zero-order chi connectivity index (χ0) is 20.0. The molecule has 28 heavy (non-hydrogen) atoms. The van der Waals surface area contributed by atoms with Crippen LogP contribution in [-0.2, 0) is 9.53 Å². The lowest BCUT2D eigenvalue weighted by atomic mass is 9.79. The molecule has 0 aliphatic heterocycles. The molecule has 3 rings (SSSR count). The number of nitrogens with one attached hydrogen (secondary N) is 1. The number of carbonyl (C=O) groups is 1. The summed E-state index contributed by atoms with van der Waals surface area (Å²) in [6.07, 6.45) is 0. The number of hydrogen-bond acceptors (Lipinski definition) is 3. The summed E-state index contributed by atoms with van der Waals surface area (Å²) in [5, 5.41) is 3.76. The van der Waals surface area contributed by atoms with Crippen LogP contribution in [0, 0.1) is 5.41 Å². The van der Waals surface area contributed by atoms with Gasteiger partial charge in [-0.1, -0.05) is 91.0 Å². The van der Waals surface area contributed by atoms with Gasteiger partial charge in [0.05, 0.1) is 18.6 Å². The van der Waals surface area contributed by atoms with Crippen molar-refractivity contribution in [2.45, 2.75) is 25.9 Å². The highest BCUT2D eigenvalue weighted by Crippen LogP contribution is 2.38. The average molecular weight is 373 g/mol. The molecule has 0 bridgehead atoms. The standard InChI is InChI=1S/C25H27NO2/c1-25(2,24(27)28-3)23(21-17-11-6-12-18-21)26-22(19-13-7-4-8-14-19)20-15-9-5-10-16-20/h4-18,22-23,26H,1-3H3. The second kappa shape index (κ2) is 8.85. The maximum Gasteiger partial charge on any atom is 0.313 e. The lowest BCUT2D eigenvalue weighted by Gasteiger charge is -2.36. The molecule has 3 aromatic carbocycles. The van der Waals surface area contributed by atoms with Crippen LogP contribution in [0.4, 0.5) is 0 Å². The lowest BCUT2D eigenvalue weighted by molar-refractivity contribution is -0.152. The van der Waals surface area contributed by atoms with E-state index in [1.807, 2.05) is 68.4 Å². The molecule has 3 nitrogen and oxygen atoms in total. The topological polar surface area (TPSA) is 38.3 Å². The van der Waals surface area contributed by atoms with Crippen molar-refractivity contribution in [3.05, 3.63) is 108 Å². The number of benzene rings is 3. The quantitative estimate of drug-likeness (QED) is 0.571. The molecule has 1 unspecified atom stereocenters. The summed E-state index contributed by atoms with van der Waals surface area (Å²) >= 11 is 0. The smallest absolute Gasteiger partial charge is 0.313 e. The van der Waals surface area contributed by atoms with Gasteiger partial charge in [0.2, 0.25) is 0 Å². The molecule has 1 atom stereocenters. The first-order valence-electron chi connectivity index (χ1n) is 9.53. The highest BCUT2D eigenvalue weighted by atomic mass is 16.5. The molecule has 0 spiro atoms. The van der Waals surface area contributed by atoms with Crippen LogP contribution in [0.2, 0.25) is 0 Å². The van der Waals surface area contributed by atoms with E-state index in [9.17, 15) is 4.79 Å². The van der Waals surface area contributed by atoms with Crippen LogP contribution < -0.4 is 5.32 Å². The summed E-state index contributed by atoms with van der Waals surface area (Å²) in [6.45, 7) is 3.85. The van der Waals surface area contributed by atoms with Gasteiger partial charge in [0, 0.05) is 6.04 Å². The first-order valence-corrected chi connectivity index (χ1v) is 9.53. The van der Waals surface area contributed by atoms with E-state index in [1.54, 1.807) is 0 Å². The molecule has 1 N–H and O–H groups in total. The summed E-state index contributed by atoms with van der Waals surface area (Å²) in [4.78, 5) is 12.6. The molecule has 144 valence electrons. The molecular weight excluding hydrogens is 346 g/mol. The third kappa shape index (κ3) is 4.32. The van der Waals surface area contributed by atoms with Crippen LogP contribution in [-0.4, -0.2) is 13.1 Å². The Morgan fingerprint density at radius 3 is 1.54 bits per heavy atom. The van der Waals surface area contributed by atoms with Crippen molar-refractivity contribution in [1.82, 2.24) is 5.32 Å². The minimum absolute atomic E-state index is 0.0588. The molecular formula is C25H27NO2. The van der Waals surface area contributed by atoms with Gasteiger partial charge in [0.25, 0.3) is 0 Å². The number of hydrogen-bond donors (Lipinski definition) is 1. The molecule has 0 aliphatic carbocycles. The average Bonchev–Trinajstić information content (AvgIpc) is 2.75. The summed E-state index contributed by atoms with van der Waals surface area (Å²) in [6, 6.07) is 30.4. The Morgan fingerprint density at radius 1 is 0.750 bits per heavy atom. The normalized spacial score (nSPS) is 12.6. The van der Waals surface area contributed by atoms with Crippen molar-refractivity contribution in [3.63, 3.8) is 0 Å². The predicted molar refractivity (Wildman–Crippen MR) is 113 cm³/mol. The highest BCUT2D eigenvalue weighted by Gasteiger charge is 2.40. The SMILES string of the molecule is COC(=O)C(C)(C)C(NC(c1ccccc1)c1ccccc1)c1ccccc1. The number of rotatable bonds is 7. The van der Waals surface area contributed by atoms with Crippen molar-refractivity contribution in [2.75, 3.05) is 7.11 Å². The minimum atomic E-state index is -0.752. The van der Waals surface area contributed by atoms with Crippen LogP contribution >= 0.6 is 0 Å². The van der Waals surface area contributed by atoms with E-state index >= 15 is 0 Å². The van der Waals surface area contributed by atoms with Gasteiger partial charge in [-0.3, -0.25) is 10.1 Å². The van der Waals surface area contributed by atoms with Gasteiger partial charge in [-0.05, 0) is 30.5 Å². The number of ether oxygens (including phenoxy) is 1. The summed E-state index contributed by atoms with van der Waals surface area (Å²) < 4.78 is 5.13. The number of esters is 1.